The van der Waals surface area contributed by atoms with Crippen LogP contribution in [0, 0.1) is 0 Å². The minimum absolute atomic E-state index is 0.200. The van der Waals surface area contributed by atoms with Crippen molar-refractivity contribution in [3.05, 3.63) is 24.3 Å². The van der Waals surface area contributed by atoms with E-state index in [9.17, 15) is 0 Å². The molecule has 0 N–H and O–H groups in total. The first kappa shape index (κ1) is 14.3. The van der Waals surface area contributed by atoms with Crippen LogP contribution in [0.4, 0.5) is 0 Å². The fourth-order valence-corrected chi connectivity index (χ4v) is 18.0. The number of nitrogens with zero attached hydrogens (tertiary/aromatic N) is 3. The Morgan fingerprint density at radius 2 is 1.06 bits per heavy atom. The fourth-order valence-electron chi connectivity index (χ4n) is 3.44. The quantitative estimate of drug-likeness (QED) is 0.785. The SMILES string of the molecule is C[N](C)[Zr]([N](C)C)([N](C)C)[C]1(C)C=CC=C1. The van der Waals surface area contributed by atoms with Gasteiger partial charge in [-0.3, -0.25) is 0 Å². The van der Waals surface area contributed by atoms with Gasteiger partial charge in [-0.1, -0.05) is 0 Å². The Balaban J connectivity index is 3.33. The van der Waals surface area contributed by atoms with Gasteiger partial charge >= 0.3 is 106 Å². The molecule has 0 heterocycles. The molecule has 0 saturated carbocycles. The van der Waals surface area contributed by atoms with E-state index in [-0.39, 0.29) is 3.12 Å². The van der Waals surface area contributed by atoms with Crippen molar-refractivity contribution in [2.45, 2.75) is 10.0 Å². The Hall–Kier alpha value is 0.243. The van der Waals surface area contributed by atoms with Gasteiger partial charge in [0.25, 0.3) is 0 Å². The molecule has 3 nitrogen and oxygen atoms in total. The molecular weight excluding hydrogens is 277 g/mol. The summed E-state index contributed by atoms with van der Waals surface area (Å²) in [4.78, 5) is 0. The minimum atomic E-state index is -2.78. The van der Waals surface area contributed by atoms with E-state index in [0.29, 0.717) is 0 Å². The zero-order valence-corrected chi connectivity index (χ0v) is 14.1. The summed E-state index contributed by atoms with van der Waals surface area (Å²) in [5.74, 6) is 0. The first-order valence-electron chi connectivity index (χ1n) is 5.68. The van der Waals surface area contributed by atoms with E-state index in [1.165, 1.54) is 0 Å². The van der Waals surface area contributed by atoms with Crippen LogP contribution in [0.15, 0.2) is 24.3 Å². The summed E-state index contributed by atoms with van der Waals surface area (Å²) < 4.78 is 7.64. The molecule has 0 aromatic rings. The Bertz CT molecular complexity index is 272. The maximum absolute atomic E-state index is 2.78. The van der Waals surface area contributed by atoms with Gasteiger partial charge in [0.05, 0.1) is 0 Å². The summed E-state index contributed by atoms with van der Waals surface area (Å²) in [7, 11) is 13.3. The van der Waals surface area contributed by atoms with E-state index in [1.807, 2.05) is 0 Å². The summed E-state index contributed by atoms with van der Waals surface area (Å²) in [6.45, 7) is 2.36. The van der Waals surface area contributed by atoms with Crippen molar-refractivity contribution in [2.24, 2.45) is 0 Å². The molecular formula is C12H25N3Zr. The third-order valence-corrected chi connectivity index (χ3v) is 17.2. The van der Waals surface area contributed by atoms with Crippen LogP contribution in [0.3, 0.4) is 0 Å². The van der Waals surface area contributed by atoms with Crippen molar-refractivity contribution in [1.82, 2.24) is 8.53 Å². The molecule has 0 aromatic heterocycles. The molecule has 0 saturated heterocycles. The zero-order valence-electron chi connectivity index (χ0n) is 11.7. The summed E-state index contributed by atoms with van der Waals surface area (Å²) in [6.07, 6.45) is 9.09. The molecule has 1 rings (SSSR count). The second-order valence-corrected chi connectivity index (χ2v) is 17.7. The van der Waals surface area contributed by atoms with Crippen molar-refractivity contribution in [3.8, 4) is 0 Å². The van der Waals surface area contributed by atoms with Gasteiger partial charge in [-0.2, -0.15) is 0 Å². The normalized spacial score (nSPS) is 19.4. The summed E-state index contributed by atoms with van der Waals surface area (Å²) in [5, 5.41) is 0. The maximum atomic E-state index is 2.48. The van der Waals surface area contributed by atoms with Crippen molar-refractivity contribution >= 4 is 0 Å². The van der Waals surface area contributed by atoms with Crippen LogP contribution in [0.1, 0.15) is 6.92 Å². The standard InChI is InChI=1S/C6H7.3C2H6N.Zr/c1-6-4-2-3-5-6;3*1-3-2;/h2-5H,1H3;3*1-2H3;/q;3*-1;+3. The van der Waals surface area contributed by atoms with Crippen molar-refractivity contribution < 1.29 is 21.1 Å². The molecule has 0 unspecified atom stereocenters. The number of hydrogen-bond acceptors (Lipinski definition) is 3. The molecule has 0 spiro atoms. The van der Waals surface area contributed by atoms with Crippen LogP contribution in [0.25, 0.3) is 0 Å². The van der Waals surface area contributed by atoms with E-state index in [1.54, 1.807) is 0 Å². The molecule has 0 aromatic carbocycles. The van der Waals surface area contributed by atoms with Gasteiger partial charge in [0, 0.05) is 0 Å². The molecule has 1 aliphatic carbocycles. The molecule has 1 aliphatic rings. The first-order chi connectivity index (χ1) is 7.29. The van der Waals surface area contributed by atoms with E-state index in [2.05, 4.69) is 82.0 Å². The second kappa shape index (κ2) is 4.85. The predicted octanol–water partition coefficient (Wildman–Crippen LogP) is 1.87. The molecule has 4 heteroatoms. The van der Waals surface area contributed by atoms with E-state index in [0.717, 1.165) is 0 Å². The molecule has 92 valence electrons. The van der Waals surface area contributed by atoms with Gasteiger partial charge in [0.1, 0.15) is 0 Å². The Morgan fingerprint density at radius 1 is 0.750 bits per heavy atom. The molecule has 0 aliphatic heterocycles. The van der Waals surface area contributed by atoms with Crippen LogP contribution < -0.4 is 0 Å². The van der Waals surface area contributed by atoms with Crippen LogP contribution >= 0.6 is 0 Å². The van der Waals surface area contributed by atoms with Crippen molar-refractivity contribution in [2.75, 3.05) is 42.3 Å². The molecule has 0 fully saturated rings. The number of allylic oxidation sites excluding steroid dienone is 4. The second-order valence-electron chi connectivity index (χ2n) is 5.32. The molecule has 0 radical (unpaired) electrons. The van der Waals surface area contributed by atoms with Gasteiger partial charge in [-0.25, -0.2) is 0 Å². The van der Waals surface area contributed by atoms with Crippen molar-refractivity contribution in [1.29, 1.82) is 0 Å². The fraction of sp³-hybridized carbons (Fsp3) is 0.667. The Morgan fingerprint density at radius 3 is 1.31 bits per heavy atom. The topological polar surface area (TPSA) is 9.72 Å². The van der Waals surface area contributed by atoms with Gasteiger partial charge in [-0.05, 0) is 0 Å². The monoisotopic (exact) mass is 301 g/mol. The van der Waals surface area contributed by atoms with Crippen LogP contribution in [0.2, 0.25) is 3.12 Å². The van der Waals surface area contributed by atoms with Crippen LogP contribution in [0.5, 0.6) is 0 Å². The summed E-state index contributed by atoms with van der Waals surface area (Å²) >= 11 is -2.78. The predicted molar refractivity (Wildman–Crippen MR) is 67.7 cm³/mol. The van der Waals surface area contributed by atoms with E-state index >= 15 is 0 Å². The zero-order chi connectivity index (χ0) is 12.6. The van der Waals surface area contributed by atoms with Gasteiger partial charge in [0.2, 0.25) is 0 Å². The third-order valence-electron chi connectivity index (χ3n) is 3.59. The van der Waals surface area contributed by atoms with Gasteiger partial charge in [0.15, 0.2) is 0 Å². The summed E-state index contributed by atoms with van der Waals surface area (Å²) in [6, 6.07) is 0. The molecule has 0 amide bonds. The average molecular weight is 303 g/mol. The van der Waals surface area contributed by atoms with Gasteiger partial charge < -0.3 is 0 Å². The molecule has 0 bridgehead atoms. The first-order valence-corrected chi connectivity index (χ1v) is 10.2. The van der Waals surface area contributed by atoms with E-state index in [4.69, 9.17) is 0 Å². The van der Waals surface area contributed by atoms with Crippen LogP contribution in [-0.4, -0.2) is 50.8 Å². The van der Waals surface area contributed by atoms with E-state index < -0.39 is 21.1 Å². The summed E-state index contributed by atoms with van der Waals surface area (Å²) in [5.41, 5.74) is 0. The van der Waals surface area contributed by atoms with Crippen LogP contribution in [-0.2, 0) is 21.1 Å². The number of hydrogen-bond donors (Lipinski definition) is 0. The molecule has 0 atom stereocenters. The van der Waals surface area contributed by atoms with Crippen molar-refractivity contribution in [3.63, 3.8) is 0 Å². The molecule has 16 heavy (non-hydrogen) atoms. The number of rotatable bonds is 4. The Kier molecular flexibility index (Phi) is 4.34. The third kappa shape index (κ3) is 1.90. The van der Waals surface area contributed by atoms with Gasteiger partial charge in [-0.15, -0.1) is 0 Å². The average Bonchev–Trinajstić information content (AvgIpc) is 2.51. The Labute approximate surface area is 106 Å².